The van der Waals surface area contributed by atoms with E-state index in [2.05, 4.69) is 11.6 Å². The number of aromatic nitrogens is 1. The van der Waals surface area contributed by atoms with Gasteiger partial charge in [0.1, 0.15) is 0 Å². The van der Waals surface area contributed by atoms with Crippen molar-refractivity contribution in [1.82, 2.24) is 4.98 Å². The molecule has 0 aliphatic carbocycles. The highest BCUT2D eigenvalue weighted by Gasteiger charge is 2.01. The highest BCUT2D eigenvalue weighted by atomic mass is 16.5. The molecule has 0 radical (unpaired) electrons. The van der Waals surface area contributed by atoms with Gasteiger partial charge >= 0.3 is 0 Å². The van der Waals surface area contributed by atoms with E-state index in [-0.39, 0.29) is 0 Å². The molecule has 2 nitrogen and oxygen atoms in total. The fourth-order valence-electron chi connectivity index (χ4n) is 0.954. The number of aryl methyl sites for hydroxylation is 1. The first-order valence-electron chi connectivity index (χ1n) is 3.82. The summed E-state index contributed by atoms with van der Waals surface area (Å²) >= 11 is 0. The van der Waals surface area contributed by atoms with Crippen LogP contribution in [0.25, 0.3) is 5.57 Å². The maximum absolute atomic E-state index is 5.08. The molecule has 1 rings (SSSR count). The zero-order valence-electron chi connectivity index (χ0n) is 7.72. The second-order valence-corrected chi connectivity index (χ2v) is 2.80. The zero-order valence-corrected chi connectivity index (χ0v) is 7.72. The van der Waals surface area contributed by atoms with E-state index in [0.717, 1.165) is 16.8 Å². The van der Waals surface area contributed by atoms with Crippen molar-refractivity contribution in [2.75, 3.05) is 7.11 Å². The van der Waals surface area contributed by atoms with Gasteiger partial charge in [-0.05, 0) is 25.5 Å². The van der Waals surface area contributed by atoms with Crippen LogP contribution in [-0.2, 0) is 0 Å². The van der Waals surface area contributed by atoms with Crippen LogP contribution in [0.2, 0.25) is 0 Å². The number of pyridine rings is 1. The Balaban J connectivity index is 3.13. The molecule has 0 aliphatic heterocycles. The molecule has 0 amide bonds. The van der Waals surface area contributed by atoms with Gasteiger partial charge < -0.3 is 4.74 Å². The molecular weight excluding hydrogens is 150 g/mol. The van der Waals surface area contributed by atoms with E-state index in [9.17, 15) is 0 Å². The summed E-state index contributed by atoms with van der Waals surface area (Å²) in [6, 6.07) is 3.93. The number of hydrogen-bond acceptors (Lipinski definition) is 2. The molecule has 0 unspecified atom stereocenters. The summed E-state index contributed by atoms with van der Waals surface area (Å²) in [7, 11) is 1.62. The molecule has 0 spiro atoms. The molecule has 12 heavy (non-hydrogen) atoms. The molecule has 0 aliphatic rings. The van der Waals surface area contributed by atoms with Crippen LogP contribution in [-0.4, -0.2) is 12.1 Å². The Hall–Kier alpha value is -1.31. The van der Waals surface area contributed by atoms with Crippen LogP contribution in [0, 0.1) is 6.92 Å². The van der Waals surface area contributed by atoms with Crippen LogP contribution in [0.3, 0.4) is 0 Å². The Morgan fingerprint density at radius 3 is 2.67 bits per heavy atom. The molecular formula is C10H13NO. The van der Waals surface area contributed by atoms with Gasteiger partial charge in [0.25, 0.3) is 0 Å². The van der Waals surface area contributed by atoms with Crippen molar-refractivity contribution in [3.8, 4) is 5.88 Å². The topological polar surface area (TPSA) is 22.1 Å². The summed E-state index contributed by atoms with van der Waals surface area (Å²) in [6.45, 7) is 7.71. The van der Waals surface area contributed by atoms with Gasteiger partial charge in [0.2, 0.25) is 5.88 Å². The van der Waals surface area contributed by atoms with E-state index in [4.69, 9.17) is 4.74 Å². The number of hydrogen-bond donors (Lipinski definition) is 0. The lowest BCUT2D eigenvalue weighted by Crippen LogP contribution is -1.93. The quantitative estimate of drug-likeness (QED) is 0.668. The highest BCUT2D eigenvalue weighted by molar-refractivity contribution is 5.58. The Labute approximate surface area is 72.9 Å². The maximum Gasteiger partial charge on any atom is 0.216 e. The second kappa shape index (κ2) is 3.39. The van der Waals surface area contributed by atoms with Gasteiger partial charge in [-0.1, -0.05) is 12.6 Å². The van der Waals surface area contributed by atoms with Gasteiger partial charge in [-0.2, -0.15) is 0 Å². The number of nitrogens with zero attached hydrogens (tertiary/aromatic N) is 1. The fourth-order valence-corrected chi connectivity index (χ4v) is 0.954. The first-order chi connectivity index (χ1) is 5.65. The minimum absolute atomic E-state index is 0.676. The molecule has 0 bridgehead atoms. The van der Waals surface area contributed by atoms with Crippen molar-refractivity contribution in [3.05, 3.63) is 30.0 Å². The number of methoxy groups -OCH3 is 1. The third-order valence-corrected chi connectivity index (χ3v) is 1.68. The van der Waals surface area contributed by atoms with Crippen molar-refractivity contribution in [3.63, 3.8) is 0 Å². The van der Waals surface area contributed by atoms with Crippen LogP contribution in [0.15, 0.2) is 18.7 Å². The van der Waals surface area contributed by atoms with Gasteiger partial charge in [0, 0.05) is 5.56 Å². The number of rotatable bonds is 2. The monoisotopic (exact) mass is 163 g/mol. The minimum Gasteiger partial charge on any atom is -0.481 e. The lowest BCUT2D eigenvalue weighted by molar-refractivity contribution is 0.394. The van der Waals surface area contributed by atoms with Gasteiger partial charge in [-0.25, -0.2) is 4.98 Å². The third kappa shape index (κ3) is 1.64. The second-order valence-electron chi connectivity index (χ2n) is 2.80. The summed E-state index contributed by atoms with van der Waals surface area (Å²) in [5, 5.41) is 0. The van der Waals surface area contributed by atoms with Gasteiger partial charge in [-0.15, -0.1) is 0 Å². The molecule has 1 aromatic heterocycles. The van der Waals surface area contributed by atoms with E-state index in [1.807, 2.05) is 26.0 Å². The van der Waals surface area contributed by atoms with Crippen LogP contribution < -0.4 is 4.74 Å². The summed E-state index contributed by atoms with van der Waals surface area (Å²) in [6.07, 6.45) is 0. The minimum atomic E-state index is 0.676. The average molecular weight is 163 g/mol. The summed E-state index contributed by atoms with van der Waals surface area (Å²) < 4.78 is 5.08. The Morgan fingerprint density at radius 2 is 2.17 bits per heavy atom. The van der Waals surface area contributed by atoms with Crippen molar-refractivity contribution in [1.29, 1.82) is 0 Å². The van der Waals surface area contributed by atoms with Crippen LogP contribution in [0.4, 0.5) is 0 Å². The summed E-state index contributed by atoms with van der Waals surface area (Å²) in [4.78, 5) is 4.27. The number of allylic oxidation sites excluding steroid dienone is 1. The molecule has 0 N–H and O–H groups in total. The molecule has 0 aromatic carbocycles. The zero-order chi connectivity index (χ0) is 9.14. The molecule has 0 saturated heterocycles. The standard InChI is InChI=1S/C10H13NO/c1-7(2)9-6-5-8(3)10(11-9)12-4/h5-6H,1H2,2-4H3. The molecule has 64 valence electrons. The molecule has 1 heterocycles. The van der Waals surface area contributed by atoms with E-state index >= 15 is 0 Å². The van der Waals surface area contributed by atoms with E-state index in [0.29, 0.717) is 5.88 Å². The van der Waals surface area contributed by atoms with Crippen molar-refractivity contribution >= 4 is 5.57 Å². The Kier molecular flexibility index (Phi) is 2.48. The predicted octanol–water partition coefficient (Wildman–Crippen LogP) is 2.43. The van der Waals surface area contributed by atoms with Crippen LogP contribution >= 0.6 is 0 Å². The largest absolute Gasteiger partial charge is 0.481 e. The average Bonchev–Trinajstić information content (AvgIpc) is 2.05. The molecule has 1 aromatic rings. The first kappa shape index (κ1) is 8.78. The smallest absolute Gasteiger partial charge is 0.216 e. The summed E-state index contributed by atoms with van der Waals surface area (Å²) in [5.41, 5.74) is 2.88. The lowest BCUT2D eigenvalue weighted by Gasteiger charge is -2.05. The Morgan fingerprint density at radius 1 is 1.50 bits per heavy atom. The molecule has 0 fully saturated rings. The molecule has 0 saturated carbocycles. The van der Waals surface area contributed by atoms with Crippen molar-refractivity contribution < 1.29 is 4.74 Å². The van der Waals surface area contributed by atoms with Gasteiger partial charge in [-0.3, -0.25) is 0 Å². The maximum atomic E-state index is 5.08. The first-order valence-corrected chi connectivity index (χ1v) is 3.82. The normalized spacial score (nSPS) is 9.58. The van der Waals surface area contributed by atoms with Gasteiger partial charge in [0.05, 0.1) is 12.8 Å². The summed E-state index contributed by atoms with van der Waals surface area (Å²) in [5.74, 6) is 0.676. The lowest BCUT2D eigenvalue weighted by atomic mass is 10.2. The number of ether oxygens (including phenoxy) is 1. The van der Waals surface area contributed by atoms with Crippen LogP contribution in [0.5, 0.6) is 5.88 Å². The van der Waals surface area contributed by atoms with E-state index in [1.165, 1.54) is 0 Å². The van der Waals surface area contributed by atoms with Crippen LogP contribution in [0.1, 0.15) is 18.2 Å². The molecule has 0 atom stereocenters. The fraction of sp³-hybridized carbons (Fsp3) is 0.300. The van der Waals surface area contributed by atoms with Gasteiger partial charge in [0.15, 0.2) is 0 Å². The predicted molar refractivity (Wildman–Crippen MR) is 50.2 cm³/mol. The van der Waals surface area contributed by atoms with E-state index < -0.39 is 0 Å². The molecule has 2 heteroatoms. The van der Waals surface area contributed by atoms with Crippen molar-refractivity contribution in [2.45, 2.75) is 13.8 Å². The third-order valence-electron chi connectivity index (χ3n) is 1.68. The Bertz CT molecular complexity index is 305. The SMILES string of the molecule is C=C(C)c1ccc(C)c(OC)n1. The highest BCUT2D eigenvalue weighted by Crippen LogP contribution is 2.17. The van der Waals surface area contributed by atoms with Crippen molar-refractivity contribution in [2.24, 2.45) is 0 Å². The van der Waals surface area contributed by atoms with E-state index in [1.54, 1.807) is 7.11 Å².